The Bertz CT molecular complexity index is 1530. The van der Waals surface area contributed by atoms with Gasteiger partial charge in [0.05, 0.1) is 30.3 Å². The first-order valence-electron chi connectivity index (χ1n) is 14.8. The Morgan fingerprint density at radius 1 is 0.955 bits per heavy atom. The molecule has 0 saturated carbocycles. The largest absolute Gasteiger partial charge is 0.479 e. The third-order valence-electron chi connectivity index (χ3n) is 7.57. The number of rotatable bonds is 4. The number of likely N-dealkylation sites (tertiary alicyclic amines) is 1. The SMILES string of the molecule is C[C@@H]1Cc2c(n(C(=O)OC(C)(C)C)c3ccccc23)[C@@H](c2ccc(O[C@@H]3CCN(C(=O)OC(C)(C)C)C3)s2)N1CC(F)(F)F. The van der Waals surface area contributed by atoms with Crippen molar-refractivity contribution >= 4 is 34.4 Å². The van der Waals surface area contributed by atoms with E-state index >= 15 is 0 Å². The van der Waals surface area contributed by atoms with Crippen LogP contribution in [-0.4, -0.2) is 75.7 Å². The monoisotopic (exact) mass is 635 g/mol. The summed E-state index contributed by atoms with van der Waals surface area (Å²) in [5, 5.41) is 1.35. The van der Waals surface area contributed by atoms with Crippen LogP contribution in [0.5, 0.6) is 5.06 Å². The fraction of sp³-hybridized carbons (Fsp3) is 0.562. The minimum atomic E-state index is -4.46. The molecule has 44 heavy (non-hydrogen) atoms. The van der Waals surface area contributed by atoms with E-state index in [0.29, 0.717) is 47.1 Å². The lowest BCUT2D eigenvalue weighted by molar-refractivity contribution is -0.155. The lowest BCUT2D eigenvalue weighted by Gasteiger charge is -2.41. The fourth-order valence-electron chi connectivity index (χ4n) is 5.93. The molecule has 5 rings (SSSR count). The first kappa shape index (κ1) is 32.2. The Balaban J connectivity index is 1.52. The molecule has 2 aliphatic rings. The molecule has 3 atom stereocenters. The first-order chi connectivity index (χ1) is 20.4. The highest BCUT2D eigenvalue weighted by Crippen LogP contribution is 2.47. The van der Waals surface area contributed by atoms with Crippen LogP contribution in [0, 0.1) is 0 Å². The van der Waals surface area contributed by atoms with E-state index in [1.54, 1.807) is 56.9 Å². The number of aromatic nitrogens is 1. The minimum absolute atomic E-state index is 0.283. The van der Waals surface area contributed by atoms with Crippen LogP contribution in [0.3, 0.4) is 0 Å². The standard InChI is InChI=1S/C32H40F3N3O5S/c1-19-16-22-21-10-8-9-11-23(21)38(29(40)43-31(5,6)7)26(22)27(37(19)18-32(33,34)35)24-12-13-25(44-24)41-20-14-15-36(17-20)28(39)42-30(2,3)4/h8-13,19-20,27H,14-18H2,1-7H3/t19-,20-,27-/m1/s1. The van der Waals surface area contributed by atoms with Crippen molar-refractivity contribution < 1.29 is 37.0 Å². The van der Waals surface area contributed by atoms with Gasteiger partial charge in [-0.2, -0.15) is 13.2 Å². The van der Waals surface area contributed by atoms with Gasteiger partial charge in [0, 0.05) is 29.3 Å². The Morgan fingerprint density at radius 2 is 1.61 bits per heavy atom. The molecule has 0 radical (unpaired) electrons. The number of nitrogens with zero attached hydrogens (tertiary/aromatic N) is 3. The summed E-state index contributed by atoms with van der Waals surface area (Å²) in [6.45, 7) is 12.2. The van der Waals surface area contributed by atoms with Crippen molar-refractivity contribution in [3.63, 3.8) is 0 Å². The van der Waals surface area contributed by atoms with Crippen molar-refractivity contribution in [2.75, 3.05) is 19.6 Å². The van der Waals surface area contributed by atoms with Gasteiger partial charge in [0.1, 0.15) is 17.3 Å². The normalized spacial score (nSPS) is 21.4. The number of carbonyl (C=O) groups excluding carboxylic acids is 2. The molecule has 2 aromatic heterocycles. The highest BCUT2D eigenvalue weighted by atomic mass is 32.1. The Hall–Kier alpha value is -3.25. The summed E-state index contributed by atoms with van der Waals surface area (Å²) in [5.74, 6) is 0. The second-order valence-corrected chi connectivity index (χ2v) is 14.6. The van der Waals surface area contributed by atoms with E-state index in [4.69, 9.17) is 14.2 Å². The third-order valence-corrected chi connectivity index (χ3v) is 8.59. The molecule has 12 heteroatoms. The zero-order valence-electron chi connectivity index (χ0n) is 26.2. The number of ether oxygens (including phenoxy) is 3. The summed E-state index contributed by atoms with van der Waals surface area (Å²) in [7, 11) is 0. The maximum atomic E-state index is 14.0. The number of para-hydroxylation sites is 1. The Labute approximate surface area is 259 Å². The fourth-order valence-corrected chi connectivity index (χ4v) is 6.98. The molecule has 0 unspecified atom stereocenters. The van der Waals surface area contributed by atoms with Gasteiger partial charge in [-0.3, -0.25) is 4.90 Å². The molecular formula is C32H40F3N3O5S. The molecule has 0 bridgehead atoms. The molecule has 8 nitrogen and oxygen atoms in total. The molecule has 3 aromatic rings. The zero-order chi connectivity index (χ0) is 32.2. The van der Waals surface area contributed by atoms with Crippen molar-refractivity contribution in [2.45, 2.75) is 96.9 Å². The van der Waals surface area contributed by atoms with Crippen molar-refractivity contribution in [3.05, 3.63) is 52.5 Å². The molecule has 240 valence electrons. The van der Waals surface area contributed by atoms with Crippen LogP contribution in [0.15, 0.2) is 36.4 Å². The average molecular weight is 636 g/mol. The van der Waals surface area contributed by atoms with Crippen LogP contribution >= 0.6 is 11.3 Å². The van der Waals surface area contributed by atoms with Gasteiger partial charge in [0.2, 0.25) is 0 Å². The topological polar surface area (TPSA) is 73.2 Å². The molecule has 4 heterocycles. The summed E-state index contributed by atoms with van der Waals surface area (Å²) in [5.41, 5.74) is 0.490. The molecule has 2 aliphatic heterocycles. The summed E-state index contributed by atoms with van der Waals surface area (Å²) >= 11 is 1.25. The van der Waals surface area contributed by atoms with E-state index < -0.39 is 48.2 Å². The quantitative estimate of drug-likeness (QED) is 0.292. The minimum Gasteiger partial charge on any atom is -0.479 e. The number of hydrogen-bond donors (Lipinski definition) is 0. The molecule has 1 aromatic carbocycles. The highest BCUT2D eigenvalue weighted by molar-refractivity contribution is 7.13. The number of halogens is 3. The number of thiophene rings is 1. The summed E-state index contributed by atoms with van der Waals surface area (Å²) in [6.07, 6.45) is -4.84. The van der Waals surface area contributed by atoms with Gasteiger partial charge in [-0.25, -0.2) is 14.2 Å². The van der Waals surface area contributed by atoms with E-state index in [9.17, 15) is 22.8 Å². The van der Waals surface area contributed by atoms with E-state index in [1.807, 2.05) is 32.9 Å². The lowest BCUT2D eigenvalue weighted by Crippen LogP contribution is -2.47. The Morgan fingerprint density at radius 3 is 2.27 bits per heavy atom. The molecule has 0 aliphatic carbocycles. The second kappa shape index (κ2) is 11.6. The number of amides is 1. The van der Waals surface area contributed by atoms with Gasteiger partial charge in [-0.05, 0) is 78.6 Å². The molecule has 1 fully saturated rings. The highest BCUT2D eigenvalue weighted by Gasteiger charge is 2.45. The van der Waals surface area contributed by atoms with Crippen molar-refractivity contribution in [1.82, 2.24) is 14.4 Å². The molecule has 1 amide bonds. The van der Waals surface area contributed by atoms with Gasteiger partial charge >= 0.3 is 18.4 Å². The lowest BCUT2D eigenvalue weighted by atomic mass is 9.91. The van der Waals surface area contributed by atoms with Crippen LogP contribution in [0.25, 0.3) is 10.9 Å². The van der Waals surface area contributed by atoms with E-state index in [0.717, 1.165) is 10.9 Å². The molecular weight excluding hydrogens is 595 g/mol. The maximum absolute atomic E-state index is 14.0. The number of fused-ring (bicyclic) bond motifs is 3. The van der Waals surface area contributed by atoms with Gasteiger partial charge in [0.15, 0.2) is 5.06 Å². The summed E-state index contributed by atoms with van der Waals surface area (Å²) < 4.78 is 61.1. The number of carbonyl (C=O) groups is 2. The summed E-state index contributed by atoms with van der Waals surface area (Å²) in [6, 6.07) is 9.55. The molecule has 0 N–H and O–H groups in total. The maximum Gasteiger partial charge on any atom is 0.419 e. The van der Waals surface area contributed by atoms with Crippen molar-refractivity contribution in [1.29, 1.82) is 0 Å². The van der Waals surface area contributed by atoms with Crippen molar-refractivity contribution in [2.24, 2.45) is 0 Å². The average Bonchev–Trinajstić information content (AvgIpc) is 3.60. The van der Waals surface area contributed by atoms with Crippen molar-refractivity contribution in [3.8, 4) is 5.06 Å². The van der Waals surface area contributed by atoms with Crippen LogP contribution in [0.4, 0.5) is 22.8 Å². The molecule has 0 spiro atoms. The van der Waals surface area contributed by atoms with Crippen LogP contribution in [-0.2, 0) is 15.9 Å². The van der Waals surface area contributed by atoms with E-state index in [-0.39, 0.29) is 6.10 Å². The van der Waals surface area contributed by atoms with Crippen LogP contribution < -0.4 is 4.74 Å². The Kier molecular flexibility index (Phi) is 8.47. The van der Waals surface area contributed by atoms with Gasteiger partial charge in [0.25, 0.3) is 0 Å². The van der Waals surface area contributed by atoms with Crippen LogP contribution in [0.1, 0.15) is 77.1 Å². The van der Waals surface area contributed by atoms with Gasteiger partial charge < -0.3 is 19.1 Å². The number of benzene rings is 1. The second-order valence-electron chi connectivity index (χ2n) is 13.6. The predicted octanol–water partition coefficient (Wildman–Crippen LogP) is 7.77. The van der Waals surface area contributed by atoms with E-state index in [2.05, 4.69) is 0 Å². The van der Waals surface area contributed by atoms with Gasteiger partial charge in [-0.15, -0.1) is 11.3 Å². The van der Waals surface area contributed by atoms with Gasteiger partial charge in [-0.1, -0.05) is 18.2 Å². The molecule has 1 saturated heterocycles. The summed E-state index contributed by atoms with van der Waals surface area (Å²) in [4.78, 5) is 29.9. The zero-order valence-corrected chi connectivity index (χ0v) is 27.0. The number of hydrogen-bond acceptors (Lipinski definition) is 7. The van der Waals surface area contributed by atoms with Crippen LogP contribution in [0.2, 0.25) is 0 Å². The smallest absolute Gasteiger partial charge is 0.419 e. The predicted molar refractivity (Wildman–Crippen MR) is 162 cm³/mol. The third kappa shape index (κ3) is 7.01. The van der Waals surface area contributed by atoms with E-state index in [1.165, 1.54) is 20.8 Å². The first-order valence-corrected chi connectivity index (χ1v) is 15.6. The number of alkyl halides is 3.